The van der Waals surface area contributed by atoms with Crippen molar-refractivity contribution in [2.24, 2.45) is 23.7 Å². The lowest BCUT2D eigenvalue weighted by Gasteiger charge is -2.23. The third-order valence-electron chi connectivity index (χ3n) is 5.83. The van der Waals surface area contributed by atoms with Gasteiger partial charge in [0, 0.05) is 6.54 Å². The third kappa shape index (κ3) is 3.18. The van der Waals surface area contributed by atoms with E-state index >= 15 is 0 Å². The van der Waals surface area contributed by atoms with E-state index in [0.29, 0.717) is 12.1 Å². The molecular formula is C23H20N2O3. The van der Waals surface area contributed by atoms with Crippen molar-refractivity contribution in [1.29, 1.82) is 5.26 Å². The molecule has 5 heteroatoms. The molecule has 4 unspecified atom stereocenters. The Kier molecular flexibility index (Phi) is 4.70. The highest BCUT2D eigenvalue weighted by Gasteiger charge is 2.51. The summed E-state index contributed by atoms with van der Waals surface area (Å²) < 4.78 is 0. The zero-order valence-electron chi connectivity index (χ0n) is 15.2. The average molecular weight is 372 g/mol. The summed E-state index contributed by atoms with van der Waals surface area (Å²) in [5.41, 5.74) is 3.36. The van der Waals surface area contributed by atoms with E-state index in [0.717, 1.165) is 23.1 Å². The molecule has 1 saturated carbocycles. The number of carbonyl (C=O) groups is 2. The monoisotopic (exact) mass is 372 g/mol. The SMILES string of the molecule is N#Cc1ccccc1-c1ccc(CNC(=O)C2C3C=CC(C3)C2C(=O)O)cc1. The molecule has 5 nitrogen and oxygen atoms in total. The Balaban J connectivity index is 1.43. The number of carboxylic acid groups (broad SMARTS) is 1. The smallest absolute Gasteiger partial charge is 0.307 e. The molecule has 0 aromatic heterocycles. The van der Waals surface area contributed by atoms with Crippen molar-refractivity contribution in [2.45, 2.75) is 13.0 Å². The molecule has 0 radical (unpaired) electrons. The normalized spacial score (nSPS) is 24.7. The van der Waals surface area contributed by atoms with Gasteiger partial charge in [-0.2, -0.15) is 5.26 Å². The second kappa shape index (κ2) is 7.32. The van der Waals surface area contributed by atoms with Crippen molar-refractivity contribution < 1.29 is 14.7 Å². The summed E-state index contributed by atoms with van der Waals surface area (Å²) in [6, 6.07) is 17.3. The van der Waals surface area contributed by atoms with Crippen molar-refractivity contribution in [3.8, 4) is 17.2 Å². The highest BCUT2D eigenvalue weighted by atomic mass is 16.4. The molecule has 4 atom stereocenters. The number of rotatable bonds is 5. The Labute approximate surface area is 163 Å². The van der Waals surface area contributed by atoms with Crippen LogP contribution in [0.4, 0.5) is 0 Å². The molecule has 2 bridgehead atoms. The summed E-state index contributed by atoms with van der Waals surface area (Å²) >= 11 is 0. The predicted octanol–water partition coefficient (Wildman–Crippen LogP) is 3.36. The van der Waals surface area contributed by atoms with Crippen LogP contribution in [-0.2, 0) is 16.1 Å². The molecule has 140 valence electrons. The zero-order valence-corrected chi connectivity index (χ0v) is 15.2. The maximum Gasteiger partial charge on any atom is 0.307 e. The van der Waals surface area contributed by atoms with Gasteiger partial charge in [-0.05, 0) is 41.0 Å². The molecule has 2 aromatic rings. The van der Waals surface area contributed by atoms with Gasteiger partial charge >= 0.3 is 5.97 Å². The molecule has 0 spiro atoms. The van der Waals surface area contributed by atoms with Crippen molar-refractivity contribution in [2.75, 3.05) is 0 Å². The molecule has 0 aliphatic heterocycles. The van der Waals surface area contributed by atoms with E-state index in [4.69, 9.17) is 0 Å². The zero-order chi connectivity index (χ0) is 19.7. The first-order valence-electron chi connectivity index (χ1n) is 9.36. The van der Waals surface area contributed by atoms with Gasteiger partial charge in [-0.3, -0.25) is 9.59 Å². The van der Waals surface area contributed by atoms with Gasteiger partial charge in [0.2, 0.25) is 5.91 Å². The molecule has 1 amide bonds. The Morgan fingerprint density at radius 2 is 1.71 bits per heavy atom. The molecular weight excluding hydrogens is 352 g/mol. The van der Waals surface area contributed by atoms with E-state index in [-0.39, 0.29) is 17.7 Å². The third-order valence-corrected chi connectivity index (χ3v) is 5.83. The molecule has 2 aromatic carbocycles. The first-order chi connectivity index (χ1) is 13.6. The Bertz CT molecular complexity index is 988. The minimum atomic E-state index is -0.891. The van der Waals surface area contributed by atoms with Crippen molar-refractivity contribution in [1.82, 2.24) is 5.32 Å². The van der Waals surface area contributed by atoms with Gasteiger partial charge < -0.3 is 10.4 Å². The lowest BCUT2D eigenvalue weighted by atomic mass is 9.82. The van der Waals surface area contributed by atoms with E-state index in [2.05, 4.69) is 11.4 Å². The number of amides is 1. The van der Waals surface area contributed by atoms with Gasteiger partial charge in [-0.25, -0.2) is 0 Å². The number of nitriles is 1. The molecule has 28 heavy (non-hydrogen) atoms. The van der Waals surface area contributed by atoms with Crippen LogP contribution >= 0.6 is 0 Å². The first-order valence-corrected chi connectivity index (χ1v) is 9.36. The molecule has 2 aliphatic rings. The maximum absolute atomic E-state index is 12.7. The highest BCUT2D eigenvalue weighted by Crippen LogP contribution is 2.48. The number of benzene rings is 2. The van der Waals surface area contributed by atoms with Gasteiger partial charge in [0.25, 0.3) is 0 Å². The van der Waals surface area contributed by atoms with E-state index in [1.807, 2.05) is 54.6 Å². The van der Waals surface area contributed by atoms with Crippen molar-refractivity contribution in [3.63, 3.8) is 0 Å². The summed E-state index contributed by atoms with van der Waals surface area (Å²) in [5.74, 6) is -2.21. The summed E-state index contributed by atoms with van der Waals surface area (Å²) in [6.07, 6.45) is 4.67. The van der Waals surface area contributed by atoms with Gasteiger partial charge in [0.05, 0.1) is 23.5 Å². The number of allylic oxidation sites excluding steroid dienone is 2. The minimum Gasteiger partial charge on any atom is -0.481 e. The van der Waals surface area contributed by atoms with Crippen LogP contribution in [0.15, 0.2) is 60.7 Å². The first kappa shape index (κ1) is 18.0. The maximum atomic E-state index is 12.7. The number of carboxylic acids is 1. The Morgan fingerprint density at radius 3 is 2.39 bits per heavy atom. The minimum absolute atomic E-state index is 0.0240. The van der Waals surface area contributed by atoms with E-state index in [9.17, 15) is 20.0 Å². The topological polar surface area (TPSA) is 90.2 Å². The van der Waals surface area contributed by atoms with Crippen LogP contribution in [0.25, 0.3) is 11.1 Å². The van der Waals surface area contributed by atoms with Gasteiger partial charge in [0.1, 0.15) is 0 Å². The van der Waals surface area contributed by atoms with Crippen molar-refractivity contribution >= 4 is 11.9 Å². The molecule has 0 saturated heterocycles. The van der Waals surface area contributed by atoms with Crippen LogP contribution in [0.5, 0.6) is 0 Å². The fourth-order valence-corrected chi connectivity index (χ4v) is 4.46. The second-order valence-corrected chi connectivity index (χ2v) is 7.41. The van der Waals surface area contributed by atoms with Crippen LogP contribution < -0.4 is 5.32 Å². The average Bonchev–Trinajstić information content (AvgIpc) is 3.34. The van der Waals surface area contributed by atoms with Gasteiger partial charge in [-0.1, -0.05) is 54.6 Å². The van der Waals surface area contributed by atoms with E-state index in [1.54, 1.807) is 6.07 Å². The second-order valence-electron chi connectivity index (χ2n) is 7.41. The number of hydrogen-bond acceptors (Lipinski definition) is 3. The molecule has 2 aliphatic carbocycles. The molecule has 2 N–H and O–H groups in total. The Hall–Kier alpha value is -3.39. The van der Waals surface area contributed by atoms with Crippen LogP contribution in [-0.4, -0.2) is 17.0 Å². The van der Waals surface area contributed by atoms with Crippen LogP contribution in [0.3, 0.4) is 0 Å². The fraction of sp³-hybridized carbons (Fsp3) is 0.261. The van der Waals surface area contributed by atoms with E-state index in [1.165, 1.54) is 0 Å². The number of carbonyl (C=O) groups excluding carboxylic acids is 1. The number of aliphatic carboxylic acids is 1. The number of nitrogens with zero attached hydrogens (tertiary/aromatic N) is 1. The van der Waals surface area contributed by atoms with E-state index < -0.39 is 17.8 Å². The lowest BCUT2D eigenvalue weighted by Crippen LogP contribution is -2.39. The summed E-state index contributed by atoms with van der Waals surface area (Å²) in [7, 11) is 0. The van der Waals surface area contributed by atoms with Gasteiger partial charge in [-0.15, -0.1) is 0 Å². The fourth-order valence-electron chi connectivity index (χ4n) is 4.46. The number of nitrogens with one attached hydrogen (secondary N) is 1. The quantitative estimate of drug-likeness (QED) is 0.788. The number of fused-ring (bicyclic) bond motifs is 2. The lowest BCUT2D eigenvalue weighted by molar-refractivity contribution is -0.147. The van der Waals surface area contributed by atoms with Gasteiger partial charge in [0.15, 0.2) is 0 Å². The summed E-state index contributed by atoms with van der Waals surface area (Å²) in [6.45, 7) is 0.350. The van der Waals surface area contributed by atoms with Crippen LogP contribution in [0, 0.1) is 35.0 Å². The van der Waals surface area contributed by atoms with Crippen LogP contribution in [0.2, 0.25) is 0 Å². The van der Waals surface area contributed by atoms with Crippen LogP contribution in [0.1, 0.15) is 17.5 Å². The molecule has 4 rings (SSSR count). The summed E-state index contributed by atoms with van der Waals surface area (Å²) in [4.78, 5) is 24.2. The molecule has 0 heterocycles. The number of hydrogen-bond donors (Lipinski definition) is 2. The molecule has 1 fully saturated rings. The standard InChI is InChI=1S/C23H20N2O3/c24-12-18-3-1-2-4-19(18)15-7-5-14(6-8-15)13-25-22(26)20-16-9-10-17(11-16)21(20)23(27)28/h1-10,16-17,20-21H,11,13H2,(H,25,26)(H,27,28). The predicted molar refractivity (Wildman–Crippen MR) is 104 cm³/mol. The largest absolute Gasteiger partial charge is 0.481 e. The van der Waals surface area contributed by atoms with Crippen molar-refractivity contribution in [3.05, 3.63) is 71.8 Å². The summed E-state index contributed by atoms with van der Waals surface area (Å²) in [5, 5.41) is 21.6. The Morgan fingerprint density at radius 1 is 1.04 bits per heavy atom. The highest BCUT2D eigenvalue weighted by molar-refractivity contribution is 5.86.